The number of hydrogen-bond donors (Lipinski definition) is 2. The zero-order chi connectivity index (χ0) is 14.7. The van der Waals surface area contributed by atoms with Crippen molar-refractivity contribution in [1.82, 2.24) is 15.0 Å². The largest absolute Gasteiger partial charge is 0.451 e. The molecule has 0 fully saturated rings. The summed E-state index contributed by atoms with van der Waals surface area (Å²) in [6.45, 7) is 4.14. The first-order chi connectivity index (χ1) is 9.51. The van der Waals surface area contributed by atoms with Crippen LogP contribution in [0.25, 0.3) is 0 Å². The van der Waals surface area contributed by atoms with E-state index in [0.29, 0.717) is 22.1 Å². The lowest BCUT2D eigenvalue weighted by molar-refractivity contribution is 0.469. The van der Waals surface area contributed by atoms with Gasteiger partial charge in [0.1, 0.15) is 10.4 Å². The van der Waals surface area contributed by atoms with E-state index in [-0.39, 0.29) is 11.7 Å². The van der Waals surface area contributed by atoms with Crippen molar-refractivity contribution in [3.8, 4) is 11.5 Å². The number of nitrogens with two attached hydrogens (primary N) is 1. The summed E-state index contributed by atoms with van der Waals surface area (Å²) in [7, 11) is 1.73. The van der Waals surface area contributed by atoms with E-state index in [1.54, 1.807) is 25.5 Å². The van der Waals surface area contributed by atoms with Crippen LogP contribution in [0.1, 0.15) is 25.3 Å². The Kier molecular flexibility index (Phi) is 4.39. The van der Waals surface area contributed by atoms with E-state index >= 15 is 0 Å². The molecule has 0 radical (unpaired) electrons. The molecule has 0 aliphatic carbocycles. The smallest absolute Gasteiger partial charge is 0.224 e. The Bertz CT molecular complexity index is 618. The zero-order valence-electron chi connectivity index (χ0n) is 11.5. The Labute approximate surface area is 125 Å². The van der Waals surface area contributed by atoms with Gasteiger partial charge in [0.05, 0.1) is 6.20 Å². The van der Waals surface area contributed by atoms with E-state index in [1.165, 1.54) is 0 Å². The molecule has 106 valence electrons. The van der Waals surface area contributed by atoms with Crippen LogP contribution in [0.15, 0.2) is 23.1 Å². The third kappa shape index (κ3) is 3.16. The molecule has 7 heteroatoms. The van der Waals surface area contributed by atoms with Gasteiger partial charge in [-0.1, -0.05) is 13.8 Å². The summed E-state index contributed by atoms with van der Waals surface area (Å²) < 4.78 is 6.53. The molecule has 2 rings (SSSR count). The van der Waals surface area contributed by atoms with Gasteiger partial charge in [0.2, 0.25) is 5.95 Å². The summed E-state index contributed by atoms with van der Waals surface area (Å²) in [6, 6.07) is 1.81. The molecule has 0 saturated carbocycles. The minimum Gasteiger partial charge on any atom is -0.451 e. The summed E-state index contributed by atoms with van der Waals surface area (Å²) in [6.07, 6.45) is 3.33. The number of halogens is 1. The van der Waals surface area contributed by atoms with E-state index in [2.05, 4.69) is 50.0 Å². The molecule has 0 aliphatic heterocycles. The Balaban J connectivity index is 2.36. The van der Waals surface area contributed by atoms with Gasteiger partial charge in [-0.3, -0.25) is 0 Å². The highest BCUT2D eigenvalue weighted by Crippen LogP contribution is 2.33. The highest BCUT2D eigenvalue weighted by molar-refractivity contribution is 9.10. The summed E-state index contributed by atoms with van der Waals surface area (Å²) in [5, 5.41) is 2.82. The van der Waals surface area contributed by atoms with Crippen molar-refractivity contribution in [3.63, 3.8) is 0 Å². The summed E-state index contributed by atoms with van der Waals surface area (Å²) >= 11 is 3.34. The van der Waals surface area contributed by atoms with Gasteiger partial charge in [-0.15, -0.1) is 0 Å². The zero-order valence-corrected chi connectivity index (χ0v) is 13.1. The summed E-state index contributed by atoms with van der Waals surface area (Å²) in [4.78, 5) is 12.4. The van der Waals surface area contributed by atoms with Crippen LogP contribution in [0.5, 0.6) is 11.5 Å². The first-order valence-electron chi connectivity index (χ1n) is 6.14. The quantitative estimate of drug-likeness (QED) is 0.833. The average molecular weight is 338 g/mol. The molecule has 3 N–H and O–H groups in total. The maximum Gasteiger partial charge on any atom is 0.224 e. The number of aromatic nitrogens is 3. The maximum absolute atomic E-state index is 5.87. The monoisotopic (exact) mass is 337 g/mol. The van der Waals surface area contributed by atoms with Gasteiger partial charge < -0.3 is 15.8 Å². The highest BCUT2D eigenvalue weighted by Gasteiger charge is 2.13. The van der Waals surface area contributed by atoms with Crippen molar-refractivity contribution in [2.75, 3.05) is 18.1 Å². The van der Waals surface area contributed by atoms with Gasteiger partial charge in [0.25, 0.3) is 0 Å². The van der Waals surface area contributed by atoms with Gasteiger partial charge in [-0.25, -0.2) is 9.97 Å². The Hall–Kier alpha value is -1.89. The fourth-order valence-corrected chi connectivity index (χ4v) is 1.96. The minimum absolute atomic E-state index is 0.282. The number of ether oxygens (including phenoxy) is 1. The van der Waals surface area contributed by atoms with E-state index in [9.17, 15) is 0 Å². The standard InChI is InChI=1S/C13H16BrN5O/c1-7(2)8-5-17-11(14)4-9(8)20-10-6-18-13(16-3)19-12(10)15/h4-7H,1-3H3,(H3,15,16,18,19). The molecule has 0 aliphatic rings. The first-order valence-corrected chi connectivity index (χ1v) is 6.94. The normalized spacial score (nSPS) is 10.7. The molecule has 0 saturated heterocycles. The van der Waals surface area contributed by atoms with Gasteiger partial charge >= 0.3 is 0 Å². The van der Waals surface area contributed by atoms with E-state index < -0.39 is 0 Å². The predicted octanol–water partition coefficient (Wildman–Crippen LogP) is 3.17. The second-order valence-corrected chi connectivity index (χ2v) is 5.31. The van der Waals surface area contributed by atoms with Crippen molar-refractivity contribution < 1.29 is 4.74 Å². The fraction of sp³-hybridized carbons (Fsp3) is 0.308. The number of anilines is 2. The lowest BCUT2D eigenvalue weighted by atomic mass is 10.1. The molecule has 0 aromatic carbocycles. The molecule has 0 bridgehead atoms. The van der Waals surface area contributed by atoms with Crippen LogP contribution in [-0.4, -0.2) is 22.0 Å². The van der Waals surface area contributed by atoms with Crippen molar-refractivity contribution in [1.29, 1.82) is 0 Å². The molecule has 0 atom stereocenters. The van der Waals surface area contributed by atoms with Crippen LogP contribution in [0.3, 0.4) is 0 Å². The highest BCUT2D eigenvalue weighted by atomic mass is 79.9. The molecule has 2 aromatic rings. The van der Waals surface area contributed by atoms with Crippen molar-refractivity contribution in [2.45, 2.75) is 19.8 Å². The predicted molar refractivity (Wildman–Crippen MR) is 82.1 cm³/mol. The Morgan fingerprint density at radius 1 is 1.25 bits per heavy atom. The van der Waals surface area contributed by atoms with Crippen molar-refractivity contribution in [2.24, 2.45) is 0 Å². The van der Waals surface area contributed by atoms with Gasteiger partial charge in [-0.05, 0) is 21.8 Å². The SMILES string of the molecule is CNc1ncc(Oc2cc(Br)ncc2C(C)C)c(N)n1. The van der Waals surface area contributed by atoms with Crippen LogP contribution < -0.4 is 15.8 Å². The number of nitrogens with zero attached hydrogens (tertiary/aromatic N) is 3. The molecule has 0 spiro atoms. The summed E-state index contributed by atoms with van der Waals surface area (Å²) in [5.41, 5.74) is 6.86. The minimum atomic E-state index is 0.282. The van der Waals surface area contributed by atoms with Crippen molar-refractivity contribution in [3.05, 3.63) is 28.6 Å². The molecule has 2 heterocycles. The molecule has 0 amide bonds. The number of nitrogen functional groups attached to an aromatic ring is 1. The van der Waals surface area contributed by atoms with Gasteiger partial charge in [0, 0.05) is 24.9 Å². The van der Waals surface area contributed by atoms with Crippen LogP contribution in [-0.2, 0) is 0 Å². The van der Waals surface area contributed by atoms with Crippen LogP contribution in [0.4, 0.5) is 11.8 Å². The fourth-order valence-electron chi connectivity index (χ4n) is 1.65. The first kappa shape index (κ1) is 14.5. The van der Waals surface area contributed by atoms with E-state index in [4.69, 9.17) is 10.5 Å². The van der Waals surface area contributed by atoms with Crippen molar-refractivity contribution >= 4 is 27.7 Å². The third-order valence-electron chi connectivity index (χ3n) is 2.71. The number of rotatable bonds is 4. The lowest BCUT2D eigenvalue weighted by Gasteiger charge is -2.14. The number of pyridine rings is 1. The molecule has 20 heavy (non-hydrogen) atoms. The number of nitrogens with one attached hydrogen (secondary N) is 1. The van der Waals surface area contributed by atoms with E-state index in [0.717, 1.165) is 5.56 Å². The third-order valence-corrected chi connectivity index (χ3v) is 3.14. The molecular formula is C13H16BrN5O. The lowest BCUT2D eigenvalue weighted by Crippen LogP contribution is -2.03. The topological polar surface area (TPSA) is 86.0 Å². The maximum atomic E-state index is 5.87. The second-order valence-electron chi connectivity index (χ2n) is 4.49. The van der Waals surface area contributed by atoms with Crippen LogP contribution in [0, 0.1) is 0 Å². The summed E-state index contributed by atoms with van der Waals surface area (Å²) in [5.74, 6) is 2.13. The molecular weight excluding hydrogens is 322 g/mol. The van der Waals surface area contributed by atoms with E-state index in [1.807, 2.05) is 0 Å². The van der Waals surface area contributed by atoms with Gasteiger partial charge in [-0.2, -0.15) is 4.98 Å². The average Bonchev–Trinajstić information content (AvgIpc) is 2.40. The van der Waals surface area contributed by atoms with Gasteiger partial charge in [0.15, 0.2) is 11.6 Å². The van der Waals surface area contributed by atoms with Crippen LogP contribution in [0.2, 0.25) is 0 Å². The second kappa shape index (κ2) is 6.04. The molecule has 0 unspecified atom stereocenters. The van der Waals surface area contributed by atoms with Crippen LogP contribution >= 0.6 is 15.9 Å². The number of hydrogen-bond acceptors (Lipinski definition) is 6. The molecule has 6 nitrogen and oxygen atoms in total. The Morgan fingerprint density at radius 3 is 2.60 bits per heavy atom. The Morgan fingerprint density at radius 2 is 2.00 bits per heavy atom. The molecule has 2 aromatic heterocycles.